The number of rotatable bonds is 1. The molecule has 0 aliphatic carbocycles. The van der Waals surface area contributed by atoms with E-state index < -0.39 is 0 Å². The van der Waals surface area contributed by atoms with Gasteiger partial charge in [-0.05, 0) is 23.1 Å². The number of aliphatic hydroxyl groups excluding tert-OH is 1. The van der Waals surface area contributed by atoms with Gasteiger partial charge in [-0.1, -0.05) is 33.4 Å². The van der Waals surface area contributed by atoms with E-state index in [1.807, 2.05) is 6.07 Å². The number of phenolic OH excluding ortho intramolecular Hbond substituents is 1. The minimum Gasteiger partial charge on any atom is -0.508 e. The molecule has 0 atom stereocenters. The first kappa shape index (κ1) is 10.6. The van der Waals surface area contributed by atoms with E-state index >= 15 is 0 Å². The maximum absolute atomic E-state index is 9.45. The molecule has 2 heteroatoms. The number of hydrogen-bond donors (Lipinski definition) is 2. The van der Waals surface area contributed by atoms with E-state index in [2.05, 4.69) is 27.4 Å². The number of benzene rings is 1. The van der Waals surface area contributed by atoms with Crippen molar-refractivity contribution in [1.29, 1.82) is 0 Å². The van der Waals surface area contributed by atoms with Crippen LogP contribution in [-0.4, -0.2) is 10.2 Å². The molecule has 0 fully saturated rings. The van der Waals surface area contributed by atoms with Crippen LogP contribution >= 0.6 is 0 Å². The van der Waals surface area contributed by atoms with Crippen LogP contribution in [0.1, 0.15) is 31.9 Å². The summed E-state index contributed by atoms with van der Waals surface area (Å²) in [7, 11) is 0. The Balaban J connectivity index is 3.27. The fourth-order valence-corrected chi connectivity index (χ4v) is 1.23. The minimum atomic E-state index is -0.103. The second kappa shape index (κ2) is 3.37. The van der Waals surface area contributed by atoms with Crippen LogP contribution < -0.4 is 0 Å². The maximum atomic E-state index is 9.45. The van der Waals surface area contributed by atoms with Crippen LogP contribution in [0, 0.1) is 0 Å². The molecule has 0 aromatic heterocycles. The van der Waals surface area contributed by atoms with Gasteiger partial charge in [0.05, 0.1) is 5.56 Å². The monoisotopic (exact) mass is 192 g/mol. The van der Waals surface area contributed by atoms with Gasteiger partial charge in [-0.2, -0.15) is 0 Å². The molecule has 2 N–H and O–H groups in total. The van der Waals surface area contributed by atoms with Crippen molar-refractivity contribution < 1.29 is 10.2 Å². The van der Waals surface area contributed by atoms with Crippen LogP contribution in [0.5, 0.6) is 5.75 Å². The molecule has 0 bridgehead atoms. The largest absolute Gasteiger partial charge is 0.508 e. The van der Waals surface area contributed by atoms with Crippen LogP contribution in [0.4, 0.5) is 0 Å². The van der Waals surface area contributed by atoms with E-state index in [1.165, 1.54) is 0 Å². The Morgan fingerprint density at radius 1 is 1.29 bits per heavy atom. The molecule has 76 valence electrons. The second-order valence-electron chi connectivity index (χ2n) is 4.43. The SMILES string of the molecule is C=C(O)c1cc(C(C)(C)C)ccc1O. The van der Waals surface area contributed by atoms with Gasteiger partial charge >= 0.3 is 0 Å². The van der Waals surface area contributed by atoms with E-state index in [-0.39, 0.29) is 16.9 Å². The molecule has 2 nitrogen and oxygen atoms in total. The van der Waals surface area contributed by atoms with Crippen LogP contribution in [0.25, 0.3) is 5.76 Å². The summed E-state index contributed by atoms with van der Waals surface area (Å²) < 4.78 is 0. The predicted molar refractivity (Wildman–Crippen MR) is 58.5 cm³/mol. The van der Waals surface area contributed by atoms with Gasteiger partial charge in [0.2, 0.25) is 0 Å². The Morgan fingerprint density at radius 2 is 1.86 bits per heavy atom. The summed E-state index contributed by atoms with van der Waals surface area (Å²) in [6.45, 7) is 9.62. The molecular weight excluding hydrogens is 176 g/mol. The number of hydrogen-bond acceptors (Lipinski definition) is 2. The summed E-state index contributed by atoms with van der Waals surface area (Å²) in [5.74, 6) is -0.0425. The zero-order valence-electron chi connectivity index (χ0n) is 8.83. The van der Waals surface area contributed by atoms with Crippen molar-refractivity contribution in [1.82, 2.24) is 0 Å². The molecule has 14 heavy (non-hydrogen) atoms. The van der Waals surface area contributed by atoms with Gasteiger partial charge in [-0.15, -0.1) is 0 Å². The van der Waals surface area contributed by atoms with Crippen molar-refractivity contribution in [3.05, 3.63) is 35.9 Å². The normalized spacial score (nSPS) is 11.4. The molecule has 1 aromatic carbocycles. The molecule has 0 saturated heterocycles. The summed E-state index contributed by atoms with van der Waals surface area (Å²) in [5.41, 5.74) is 1.45. The van der Waals surface area contributed by atoms with Crippen molar-refractivity contribution in [2.45, 2.75) is 26.2 Å². The van der Waals surface area contributed by atoms with Crippen molar-refractivity contribution in [2.24, 2.45) is 0 Å². The first-order valence-corrected chi connectivity index (χ1v) is 4.54. The van der Waals surface area contributed by atoms with Crippen LogP contribution in [-0.2, 0) is 5.41 Å². The molecule has 0 spiro atoms. The summed E-state index contributed by atoms with van der Waals surface area (Å²) in [5, 5.41) is 18.7. The van der Waals surface area contributed by atoms with Crippen molar-refractivity contribution in [3.8, 4) is 5.75 Å². The van der Waals surface area contributed by atoms with Gasteiger partial charge in [0.15, 0.2) is 0 Å². The first-order chi connectivity index (χ1) is 6.32. The van der Waals surface area contributed by atoms with Gasteiger partial charge in [-0.25, -0.2) is 0 Å². The van der Waals surface area contributed by atoms with Crippen LogP contribution in [0.3, 0.4) is 0 Å². The third-order valence-electron chi connectivity index (χ3n) is 2.17. The standard InChI is InChI=1S/C12H16O2/c1-8(13)10-7-9(12(2,3)4)5-6-11(10)14/h5-7,13-14H,1H2,2-4H3. The number of aliphatic hydroxyl groups is 1. The molecular formula is C12H16O2. The summed E-state index contributed by atoms with van der Waals surface area (Å²) in [6.07, 6.45) is 0. The highest BCUT2D eigenvalue weighted by Crippen LogP contribution is 2.29. The molecule has 0 aliphatic heterocycles. The Labute approximate surface area is 84.5 Å². The third-order valence-corrected chi connectivity index (χ3v) is 2.17. The highest BCUT2D eigenvalue weighted by Gasteiger charge is 2.15. The molecule has 0 aliphatic rings. The summed E-state index contributed by atoms with van der Waals surface area (Å²) >= 11 is 0. The van der Waals surface area contributed by atoms with E-state index in [1.54, 1.807) is 12.1 Å². The van der Waals surface area contributed by atoms with Gasteiger partial charge in [0.1, 0.15) is 11.5 Å². The Bertz CT molecular complexity index is 359. The lowest BCUT2D eigenvalue weighted by Crippen LogP contribution is -2.11. The lowest BCUT2D eigenvalue weighted by molar-refractivity contribution is 0.459. The van der Waals surface area contributed by atoms with E-state index in [0.29, 0.717) is 5.56 Å². The third kappa shape index (κ3) is 2.08. The van der Waals surface area contributed by atoms with Gasteiger partial charge in [-0.3, -0.25) is 0 Å². The Morgan fingerprint density at radius 3 is 2.29 bits per heavy atom. The molecule has 0 unspecified atom stereocenters. The van der Waals surface area contributed by atoms with E-state index in [0.717, 1.165) is 5.56 Å². The average molecular weight is 192 g/mol. The molecule has 0 radical (unpaired) electrons. The molecule has 0 amide bonds. The average Bonchev–Trinajstić information content (AvgIpc) is 2.02. The van der Waals surface area contributed by atoms with Gasteiger partial charge in [0, 0.05) is 0 Å². The van der Waals surface area contributed by atoms with E-state index in [4.69, 9.17) is 0 Å². The zero-order valence-corrected chi connectivity index (χ0v) is 8.83. The highest BCUT2D eigenvalue weighted by atomic mass is 16.3. The van der Waals surface area contributed by atoms with Crippen molar-refractivity contribution >= 4 is 5.76 Å². The molecule has 1 rings (SSSR count). The summed E-state index contributed by atoms with van der Waals surface area (Å²) in [4.78, 5) is 0. The van der Waals surface area contributed by atoms with Crippen molar-refractivity contribution in [2.75, 3.05) is 0 Å². The lowest BCUT2D eigenvalue weighted by Gasteiger charge is -2.20. The number of aromatic hydroxyl groups is 1. The molecule has 1 aromatic rings. The second-order valence-corrected chi connectivity index (χ2v) is 4.43. The van der Waals surface area contributed by atoms with E-state index in [9.17, 15) is 10.2 Å². The topological polar surface area (TPSA) is 40.5 Å². The van der Waals surface area contributed by atoms with Crippen LogP contribution in [0.2, 0.25) is 0 Å². The Kier molecular flexibility index (Phi) is 2.56. The maximum Gasteiger partial charge on any atom is 0.126 e. The fourth-order valence-electron chi connectivity index (χ4n) is 1.23. The first-order valence-electron chi connectivity index (χ1n) is 4.54. The summed E-state index contributed by atoms with van der Waals surface area (Å²) in [6, 6.07) is 5.19. The lowest BCUT2D eigenvalue weighted by atomic mass is 9.86. The molecule has 0 heterocycles. The number of phenols is 1. The predicted octanol–water partition coefficient (Wildman–Crippen LogP) is 3.22. The van der Waals surface area contributed by atoms with Gasteiger partial charge in [0.25, 0.3) is 0 Å². The minimum absolute atomic E-state index is 0.00208. The van der Waals surface area contributed by atoms with Gasteiger partial charge < -0.3 is 10.2 Å². The Hall–Kier alpha value is -1.44. The van der Waals surface area contributed by atoms with Crippen LogP contribution in [0.15, 0.2) is 24.8 Å². The highest BCUT2D eigenvalue weighted by molar-refractivity contribution is 5.63. The molecule has 0 saturated carbocycles. The fraction of sp³-hybridized carbons (Fsp3) is 0.333. The smallest absolute Gasteiger partial charge is 0.126 e. The zero-order chi connectivity index (χ0) is 10.9. The quantitative estimate of drug-likeness (QED) is 0.671. The van der Waals surface area contributed by atoms with Crippen molar-refractivity contribution in [3.63, 3.8) is 0 Å².